The third-order valence-electron chi connectivity index (χ3n) is 7.13. The number of hydrogen-bond donors (Lipinski definition) is 3. The van der Waals surface area contributed by atoms with Crippen molar-refractivity contribution >= 4 is 28.3 Å². The molecule has 0 saturated carbocycles. The van der Waals surface area contributed by atoms with Crippen molar-refractivity contribution in [3.8, 4) is 5.75 Å². The second kappa shape index (κ2) is 6.48. The quantitative estimate of drug-likeness (QED) is 0.409. The number of amides is 1. The highest BCUT2D eigenvalue weighted by Gasteiger charge is 2.73. The number of anilines is 1. The van der Waals surface area contributed by atoms with Crippen LogP contribution in [0.5, 0.6) is 5.75 Å². The van der Waals surface area contributed by atoms with Crippen LogP contribution in [0, 0.1) is 0 Å². The number of nitrogens with two attached hydrogens (primary N) is 2. The van der Waals surface area contributed by atoms with Gasteiger partial charge in [0.05, 0.1) is 11.1 Å². The molecule has 2 aliphatic rings. The predicted molar refractivity (Wildman–Crippen MR) is 128 cm³/mol. The Morgan fingerprint density at radius 2 is 1.79 bits per heavy atom. The van der Waals surface area contributed by atoms with Crippen molar-refractivity contribution in [3.63, 3.8) is 0 Å². The molecule has 0 radical (unpaired) electrons. The smallest absolute Gasteiger partial charge is 0.271 e. The number of benzene rings is 3. The minimum atomic E-state index is -2.14. The molecule has 7 heteroatoms. The number of aliphatic hydroxyl groups is 1. The van der Waals surface area contributed by atoms with E-state index in [0.717, 1.165) is 5.56 Å². The van der Waals surface area contributed by atoms with Gasteiger partial charge >= 0.3 is 0 Å². The Kier molecular flexibility index (Phi) is 3.91. The fraction of sp³-hybridized carbons (Fsp3) is 0.185. The van der Waals surface area contributed by atoms with Crippen molar-refractivity contribution in [2.75, 3.05) is 5.73 Å². The van der Waals surface area contributed by atoms with Crippen LogP contribution in [0.1, 0.15) is 57.3 Å². The van der Waals surface area contributed by atoms with Crippen molar-refractivity contribution in [2.45, 2.75) is 31.1 Å². The first-order valence-electron chi connectivity index (χ1n) is 11.1. The molecule has 4 aromatic rings. The molecule has 34 heavy (non-hydrogen) atoms. The molecule has 0 saturated heterocycles. The number of aromatic nitrogens is 1. The van der Waals surface area contributed by atoms with Gasteiger partial charge in [0.15, 0.2) is 0 Å². The fourth-order valence-corrected chi connectivity index (χ4v) is 5.58. The number of ketones is 1. The molecular weight excluding hydrogens is 430 g/mol. The summed E-state index contributed by atoms with van der Waals surface area (Å²) in [6.07, 6.45) is 0. The first-order valence-corrected chi connectivity index (χ1v) is 11.1. The summed E-state index contributed by atoms with van der Waals surface area (Å²) in [5, 5.41) is 13.1. The maximum Gasteiger partial charge on any atom is 0.271 e. The number of ether oxygens (including phenoxy) is 1. The number of rotatable bonds is 3. The Balaban J connectivity index is 1.81. The molecule has 5 N–H and O–H groups in total. The predicted octanol–water partition coefficient (Wildman–Crippen LogP) is 3.62. The van der Waals surface area contributed by atoms with Gasteiger partial charge in [0.2, 0.25) is 11.3 Å². The summed E-state index contributed by atoms with van der Waals surface area (Å²) in [4.78, 5) is 27.1. The molecule has 0 fully saturated rings. The monoisotopic (exact) mass is 453 g/mol. The third-order valence-corrected chi connectivity index (χ3v) is 7.13. The van der Waals surface area contributed by atoms with Crippen LogP contribution >= 0.6 is 0 Å². The number of fused-ring (bicyclic) bond motifs is 6. The van der Waals surface area contributed by atoms with Gasteiger partial charge < -0.3 is 25.9 Å². The van der Waals surface area contributed by atoms with E-state index in [2.05, 4.69) is 0 Å². The van der Waals surface area contributed by atoms with Crippen molar-refractivity contribution < 1.29 is 19.4 Å². The van der Waals surface area contributed by atoms with E-state index in [1.54, 1.807) is 42.5 Å². The Morgan fingerprint density at radius 3 is 2.53 bits per heavy atom. The second-order valence-corrected chi connectivity index (χ2v) is 9.25. The van der Waals surface area contributed by atoms with Gasteiger partial charge in [-0.25, -0.2) is 0 Å². The fourth-order valence-electron chi connectivity index (χ4n) is 5.58. The van der Waals surface area contributed by atoms with Crippen LogP contribution in [0.25, 0.3) is 10.9 Å². The second-order valence-electron chi connectivity index (χ2n) is 9.25. The average Bonchev–Trinajstić information content (AvgIpc) is 3.37. The van der Waals surface area contributed by atoms with E-state index in [9.17, 15) is 14.7 Å². The van der Waals surface area contributed by atoms with Crippen LogP contribution < -0.4 is 16.2 Å². The van der Waals surface area contributed by atoms with Gasteiger partial charge in [-0.05, 0) is 35.7 Å². The van der Waals surface area contributed by atoms with Crippen molar-refractivity contribution in [1.29, 1.82) is 0 Å². The number of carbonyl (C=O) groups is 2. The largest absolute Gasteiger partial charge is 0.454 e. The van der Waals surface area contributed by atoms with Gasteiger partial charge in [0.25, 0.3) is 11.7 Å². The summed E-state index contributed by atoms with van der Waals surface area (Å²) in [6.45, 7) is 4.10. The zero-order valence-corrected chi connectivity index (χ0v) is 18.7. The maximum absolute atomic E-state index is 14.4. The minimum Gasteiger partial charge on any atom is -0.454 e. The SMILES string of the molecule is CC(C)c1ccc2c(c1)OC1(O)c3cccc(N)c3C(=O)C21n1c(C(N)=O)cc2ccccc21. The molecule has 2 heterocycles. The lowest BCUT2D eigenvalue weighted by Gasteiger charge is -2.36. The molecule has 2 unspecified atom stereocenters. The Bertz CT molecular complexity index is 1550. The standard InChI is InChI=1S/C27H23N3O4/c1-14(2)15-10-11-17-22(13-15)34-27(33)18-7-5-8-19(28)23(18)24(31)26(17,27)30-20-9-4-3-6-16(20)12-21(30)25(29)32/h3-14,33H,28H2,1-2H3,(H2,29,32). The van der Waals surface area contributed by atoms with Gasteiger partial charge in [0.1, 0.15) is 11.4 Å². The number of carbonyl (C=O) groups excluding carboxylic acids is 2. The average molecular weight is 453 g/mol. The van der Waals surface area contributed by atoms with Crippen molar-refractivity contribution in [3.05, 3.63) is 94.7 Å². The summed E-state index contributed by atoms with van der Waals surface area (Å²) in [6, 6.07) is 19.3. The van der Waals surface area contributed by atoms with Gasteiger partial charge in [-0.3, -0.25) is 9.59 Å². The maximum atomic E-state index is 14.4. The summed E-state index contributed by atoms with van der Waals surface area (Å²) < 4.78 is 7.81. The van der Waals surface area contributed by atoms with E-state index in [-0.39, 0.29) is 28.4 Å². The van der Waals surface area contributed by atoms with Crippen LogP contribution in [0.15, 0.2) is 66.7 Å². The lowest BCUT2D eigenvalue weighted by molar-refractivity contribution is -0.170. The highest BCUT2D eigenvalue weighted by Crippen LogP contribution is 2.62. The molecule has 7 nitrogen and oxygen atoms in total. The first-order chi connectivity index (χ1) is 16.2. The van der Waals surface area contributed by atoms with Crippen LogP contribution in [-0.4, -0.2) is 21.4 Å². The minimum absolute atomic E-state index is 0.0868. The molecule has 1 aliphatic carbocycles. The van der Waals surface area contributed by atoms with Gasteiger partial charge in [-0.1, -0.05) is 56.3 Å². The van der Waals surface area contributed by atoms with Crippen LogP contribution in [0.2, 0.25) is 0 Å². The summed E-state index contributed by atoms with van der Waals surface area (Å²) in [5.41, 5.74) is 13.0. The van der Waals surface area contributed by atoms with Gasteiger partial charge in [-0.15, -0.1) is 0 Å². The topological polar surface area (TPSA) is 121 Å². The molecule has 1 aliphatic heterocycles. The summed E-state index contributed by atoms with van der Waals surface area (Å²) in [5.74, 6) is -2.74. The molecule has 6 rings (SSSR count). The van der Waals surface area contributed by atoms with E-state index in [4.69, 9.17) is 16.2 Å². The highest BCUT2D eigenvalue weighted by atomic mass is 16.6. The molecule has 1 aromatic heterocycles. The van der Waals surface area contributed by atoms with E-state index < -0.39 is 23.0 Å². The number of para-hydroxylation sites is 1. The van der Waals surface area contributed by atoms with E-state index in [1.807, 2.05) is 38.1 Å². The van der Waals surface area contributed by atoms with Crippen molar-refractivity contribution in [2.24, 2.45) is 5.73 Å². The van der Waals surface area contributed by atoms with Crippen molar-refractivity contribution in [1.82, 2.24) is 4.57 Å². The number of nitrogens with zero attached hydrogens (tertiary/aromatic N) is 1. The Morgan fingerprint density at radius 1 is 1.03 bits per heavy atom. The third kappa shape index (κ3) is 2.20. The van der Waals surface area contributed by atoms with Gasteiger partial charge in [0, 0.05) is 22.2 Å². The lowest BCUT2D eigenvalue weighted by atomic mass is 9.81. The molecule has 1 amide bonds. The Labute approximate surface area is 195 Å². The number of primary amides is 1. The summed E-state index contributed by atoms with van der Waals surface area (Å²) >= 11 is 0. The molecular formula is C27H23N3O4. The number of Topliss-reactive ketones (excluding diaryl/α,β-unsaturated/α-hetero) is 1. The molecule has 170 valence electrons. The van der Waals surface area contributed by atoms with E-state index in [0.29, 0.717) is 22.2 Å². The van der Waals surface area contributed by atoms with E-state index in [1.165, 1.54) is 4.57 Å². The van der Waals surface area contributed by atoms with Crippen LogP contribution in [0.4, 0.5) is 5.69 Å². The van der Waals surface area contributed by atoms with Crippen LogP contribution in [0.3, 0.4) is 0 Å². The highest BCUT2D eigenvalue weighted by molar-refractivity contribution is 6.15. The lowest BCUT2D eigenvalue weighted by Crippen LogP contribution is -2.54. The normalized spacial score (nSPS) is 22.5. The number of nitrogen functional groups attached to an aromatic ring is 1. The summed E-state index contributed by atoms with van der Waals surface area (Å²) in [7, 11) is 0. The molecule has 3 aromatic carbocycles. The number of hydrogen-bond acceptors (Lipinski definition) is 5. The first kappa shape index (κ1) is 20.5. The molecule has 0 bridgehead atoms. The Hall–Kier alpha value is -4.10. The zero-order chi connectivity index (χ0) is 24.0. The van der Waals surface area contributed by atoms with Crippen LogP contribution in [-0.2, 0) is 11.3 Å². The van der Waals surface area contributed by atoms with Gasteiger partial charge in [-0.2, -0.15) is 0 Å². The molecule has 2 atom stereocenters. The molecule has 0 spiro atoms. The van der Waals surface area contributed by atoms with E-state index >= 15 is 0 Å². The zero-order valence-electron chi connectivity index (χ0n) is 18.7.